The molecule has 0 spiro atoms. The molecule has 0 aliphatic carbocycles. The number of ether oxygens (including phenoxy) is 5. The lowest BCUT2D eigenvalue weighted by Gasteiger charge is -2.51. The third-order valence-electron chi connectivity index (χ3n) is 18.3. The van der Waals surface area contributed by atoms with E-state index in [1.54, 1.807) is 46.4 Å². The van der Waals surface area contributed by atoms with E-state index < -0.39 is 109 Å². The van der Waals surface area contributed by atoms with Gasteiger partial charge in [-0.05, 0) is 201 Å². The number of carbonyl (C=O) groups excluding carboxylic acids is 2. The molecule has 0 radical (unpaired) electrons. The molecule has 18 atom stereocenters. The molecule has 3 aliphatic rings. The van der Waals surface area contributed by atoms with Crippen LogP contribution in [-0.2, 0) is 33.3 Å². The monoisotopic (exact) mass is 1300 g/mol. The number of hydrogen-bond acceptors (Lipinski definition) is 13. The van der Waals surface area contributed by atoms with Crippen LogP contribution in [0.4, 0.5) is 0 Å². The number of amides is 1. The van der Waals surface area contributed by atoms with Crippen molar-refractivity contribution in [2.45, 2.75) is 217 Å². The van der Waals surface area contributed by atoms with E-state index in [9.17, 15) is 35.1 Å². The van der Waals surface area contributed by atoms with Gasteiger partial charge in [-0.3, -0.25) is 9.59 Å². The number of aliphatic hydroxyl groups excluding tert-OH is 3. The van der Waals surface area contributed by atoms with Gasteiger partial charge in [0.15, 0.2) is 6.29 Å². The van der Waals surface area contributed by atoms with E-state index in [0.717, 1.165) is 35.4 Å². The van der Waals surface area contributed by atoms with E-state index in [1.807, 2.05) is 64.0 Å². The van der Waals surface area contributed by atoms with E-state index in [-0.39, 0.29) is 50.3 Å². The van der Waals surface area contributed by atoms with Gasteiger partial charge in [-0.2, -0.15) is 0 Å². The Morgan fingerprint density at radius 2 is 1.35 bits per heavy atom. The lowest BCUT2D eigenvalue weighted by molar-refractivity contribution is -0.302. The van der Waals surface area contributed by atoms with Gasteiger partial charge in [0.05, 0.1) is 53.7 Å². The van der Waals surface area contributed by atoms with E-state index in [2.05, 4.69) is 71.1 Å². The molecule has 1 unspecified atom stereocenters. The molecular formula is C63H95Cl2IN2O12P+. The Balaban J connectivity index is 1.28. The molecule has 3 fully saturated rings. The molecule has 81 heavy (non-hydrogen) atoms. The summed E-state index contributed by atoms with van der Waals surface area (Å²) in [4.78, 5) is 33.2. The fourth-order valence-corrected chi connectivity index (χ4v) is 18.6. The Bertz CT molecular complexity index is 2360. The minimum absolute atomic E-state index is 0.0818. The molecule has 0 bridgehead atoms. The largest absolute Gasteiger partial charge is 0.459 e. The number of rotatable bonds is 17. The summed E-state index contributed by atoms with van der Waals surface area (Å²) in [5, 5.41) is 66.2. The summed E-state index contributed by atoms with van der Waals surface area (Å²) in [6.07, 6.45) is -2.73. The number of esters is 1. The van der Waals surface area contributed by atoms with Crippen LogP contribution in [0.25, 0.3) is 0 Å². The second-order valence-corrected chi connectivity index (χ2v) is 30.6. The molecule has 3 saturated heterocycles. The maximum Gasteiger partial charge on any atom is 0.309 e. The molecule has 3 heterocycles. The van der Waals surface area contributed by atoms with Crippen LogP contribution in [0.1, 0.15) is 133 Å². The highest BCUT2D eigenvalue weighted by Crippen LogP contribution is 2.56. The highest BCUT2D eigenvalue weighted by molar-refractivity contribution is 14.1. The van der Waals surface area contributed by atoms with Crippen LogP contribution in [0.5, 0.6) is 0 Å². The second-order valence-electron chi connectivity index (χ2n) is 24.8. The zero-order chi connectivity index (χ0) is 59.9. The fourth-order valence-electron chi connectivity index (χ4n) is 13.6. The van der Waals surface area contributed by atoms with Crippen molar-refractivity contribution in [1.29, 1.82) is 0 Å². The zero-order valence-corrected chi connectivity index (χ0v) is 54.7. The summed E-state index contributed by atoms with van der Waals surface area (Å²) < 4.78 is 33.4. The van der Waals surface area contributed by atoms with Crippen molar-refractivity contribution in [3.05, 3.63) is 86.4 Å². The first-order valence-electron chi connectivity index (χ1n) is 29.4. The van der Waals surface area contributed by atoms with Crippen molar-refractivity contribution in [2.24, 2.45) is 23.7 Å². The minimum atomic E-state index is -2.15. The van der Waals surface area contributed by atoms with Crippen molar-refractivity contribution < 1.29 is 58.8 Å². The smallest absolute Gasteiger partial charge is 0.309 e. The summed E-state index contributed by atoms with van der Waals surface area (Å²) in [5.74, 6) is -3.76. The molecule has 0 saturated carbocycles. The number of likely N-dealkylation sites (N-methyl/N-ethyl adjacent to an activating group) is 1. The average Bonchev–Trinajstić information content (AvgIpc) is 3.41. The van der Waals surface area contributed by atoms with E-state index in [4.69, 9.17) is 46.9 Å². The first-order valence-corrected chi connectivity index (χ1v) is 33.2. The molecule has 14 nitrogen and oxygen atoms in total. The summed E-state index contributed by atoms with van der Waals surface area (Å²) in [5.41, 5.74) is -4.79. The van der Waals surface area contributed by atoms with E-state index in [0.29, 0.717) is 22.9 Å². The molecule has 18 heteroatoms. The lowest BCUT2D eigenvalue weighted by Crippen LogP contribution is -2.61. The quantitative estimate of drug-likeness (QED) is 0.0373. The summed E-state index contributed by atoms with van der Waals surface area (Å²) >= 11 is 15.3. The van der Waals surface area contributed by atoms with Gasteiger partial charge >= 0.3 is 5.97 Å². The number of unbranched alkanes of at least 4 members (excludes halogenated alkanes) is 4. The summed E-state index contributed by atoms with van der Waals surface area (Å²) in [6, 6.07) is 24.1. The van der Waals surface area contributed by atoms with Gasteiger partial charge < -0.3 is 59.0 Å². The van der Waals surface area contributed by atoms with Gasteiger partial charge in [0, 0.05) is 52.1 Å². The van der Waals surface area contributed by atoms with Crippen molar-refractivity contribution in [2.75, 3.05) is 33.9 Å². The fraction of sp³-hybridized carbons (Fsp3) is 0.683. The van der Waals surface area contributed by atoms with Crippen LogP contribution < -0.4 is 15.9 Å². The Labute approximate surface area is 507 Å². The van der Waals surface area contributed by atoms with Gasteiger partial charge in [0.25, 0.3) is 0 Å². The number of nitrogens with zero attached hydrogens (tertiary/aromatic N) is 2. The predicted octanol–water partition coefficient (Wildman–Crippen LogP) is 9.32. The maximum atomic E-state index is 14.9. The van der Waals surface area contributed by atoms with E-state index in [1.165, 1.54) is 29.9 Å². The maximum absolute atomic E-state index is 14.9. The van der Waals surface area contributed by atoms with Gasteiger partial charge in [-0.15, -0.1) is 0 Å². The van der Waals surface area contributed by atoms with Crippen LogP contribution in [0, 0.1) is 27.2 Å². The van der Waals surface area contributed by atoms with Gasteiger partial charge in [-0.25, -0.2) is 0 Å². The first-order chi connectivity index (χ1) is 38.0. The molecule has 6 rings (SSSR count). The van der Waals surface area contributed by atoms with Gasteiger partial charge in [0.1, 0.15) is 53.2 Å². The topological polar surface area (TPSA) is 188 Å². The second kappa shape index (κ2) is 29.1. The standard InChI is InChI=1S/C63H95Cl2IN2O12P/c1-14-52-63(10,75)56(71)42(6)68(53(69)20-18-16-15-17-19-33-81(47-27-21-44(64)22-28-47,48-29-23-45(65)24-30-48)49-31-25-46(66)26-32-49)37-38(2)35-61(8,74)58(80-60-55(70)50(67(11)12)34-39(3)77-60)40(4)54(41(5)59(73)79-52)51-36-62(9,76-13)57(72)43(7)78-51/h21-32,38-43,50-52,54-58,60,70-72,74-75H,14-20,33-37H2,1-13H3/q+1/t38-,39-,40+,41-,42-,43+,50+,51-,52-,54?,55-,56-,57+,58-,60+,61-,62-,63-/m1/s1. The zero-order valence-electron chi connectivity index (χ0n) is 50.1. The third-order valence-corrected chi connectivity index (χ3v) is 24.0. The van der Waals surface area contributed by atoms with Crippen LogP contribution in [-0.4, -0.2) is 165 Å². The first kappa shape index (κ1) is 68.1. The van der Waals surface area contributed by atoms with Crippen LogP contribution >= 0.6 is 53.1 Å². The van der Waals surface area contributed by atoms with Crippen molar-refractivity contribution in [1.82, 2.24) is 9.80 Å². The molecule has 3 aliphatic heterocycles. The number of aliphatic hydroxyl groups is 5. The summed E-state index contributed by atoms with van der Waals surface area (Å²) in [6.45, 7) is 17.7. The number of methoxy groups -OCH3 is 1. The highest BCUT2D eigenvalue weighted by atomic mass is 127. The SMILES string of the molecule is CC[C@H]1OC(=O)[C@H](C)C([C@H]2C[C@@](C)(OC)[C@@H](O)[C@H](C)O2)[C@H](C)[C@@H](O[C@@H]2O[C@H](C)C[C@H](N(C)C)[C@H]2O)[C@](C)(O)C[C@@H](C)CN(C(=O)CCCCCCC[P+](c2ccc(Cl)cc2)(c2ccc(Cl)cc2)c2ccc(I)cc2)[C@H](C)[C@@H](O)[C@]1(C)O. The van der Waals surface area contributed by atoms with Gasteiger partial charge in [-0.1, -0.05) is 63.7 Å². The molecular weight excluding hydrogens is 1210 g/mol. The number of benzene rings is 3. The van der Waals surface area contributed by atoms with Crippen LogP contribution in [0.15, 0.2) is 72.8 Å². The normalized spacial score (nSPS) is 36.0. The number of carbonyl (C=O) groups is 2. The predicted molar refractivity (Wildman–Crippen MR) is 332 cm³/mol. The van der Waals surface area contributed by atoms with Crippen LogP contribution in [0.3, 0.4) is 0 Å². The molecule has 5 N–H and O–H groups in total. The Hall–Kier alpha value is -2.06. The Kier molecular flexibility index (Phi) is 24.4. The molecule has 1 amide bonds. The number of cyclic esters (lactones) is 1. The molecule has 454 valence electrons. The average molecular weight is 1300 g/mol. The summed E-state index contributed by atoms with van der Waals surface area (Å²) in [7, 11) is 3.15. The van der Waals surface area contributed by atoms with Gasteiger partial charge in [0.2, 0.25) is 5.91 Å². The minimum Gasteiger partial charge on any atom is -0.459 e. The highest BCUT2D eigenvalue weighted by Gasteiger charge is 2.55. The number of hydrogen-bond donors (Lipinski definition) is 5. The van der Waals surface area contributed by atoms with Crippen LogP contribution in [0.2, 0.25) is 10.0 Å². The molecule has 0 aromatic heterocycles. The molecule has 3 aromatic carbocycles. The lowest BCUT2D eigenvalue weighted by atomic mass is 9.68. The van der Waals surface area contributed by atoms with Crippen molar-refractivity contribution in [3.63, 3.8) is 0 Å². The van der Waals surface area contributed by atoms with Crippen molar-refractivity contribution >= 4 is 80.8 Å². The third kappa shape index (κ3) is 15.9. The Morgan fingerprint density at radius 1 is 0.802 bits per heavy atom. The Morgan fingerprint density at radius 3 is 1.89 bits per heavy atom. The molecule has 3 aromatic rings. The number of halogens is 3. The van der Waals surface area contributed by atoms with Crippen molar-refractivity contribution in [3.8, 4) is 0 Å². The van der Waals surface area contributed by atoms with E-state index >= 15 is 0 Å².